The summed E-state index contributed by atoms with van der Waals surface area (Å²) in [5, 5.41) is 0. The normalized spacial score (nSPS) is 19.9. The second kappa shape index (κ2) is 15.9. The Kier molecular flexibility index (Phi) is 9.75. The molecule has 14 rings (SSSR count). The predicted octanol–water partition coefficient (Wildman–Crippen LogP) is 19.2. The highest BCUT2D eigenvalue weighted by atomic mass is 15.1. The van der Waals surface area contributed by atoms with Crippen molar-refractivity contribution in [1.82, 2.24) is 0 Å². The summed E-state index contributed by atoms with van der Waals surface area (Å²) in [6, 6.07) is 78.2. The van der Waals surface area contributed by atoms with Crippen LogP contribution in [0.15, 0.2) is 200 Å². The molecule has 74 heavy (non-hydrogen) atoms. The zero-order chi connectivity index (χ0) is 50.5. The first kappa shape index (κ1) is 45.4. The number of benzene rings is 9. The summed E-state index contributed by atoms with van der Waals surface area (Å²) in [7, 11) is 0. The molecule has 0 aromatic heterocycles. The molecule has 9 aromatic rings. The molecule has 9 aromatic carbocycles. The maximum Gasteiger partial charge on any atom is 0.0714 e. The van der Waals surface area contributed by atoms with Crippen LogP contribution in [0.3, 0.4) is 0 Å². The summed E-state index contributed by atoms with van der Waals surface area (Å²) in [4.78, 5) is 2.63. The Hall–Kier alpha value is -7.22. The number of rotatable bonds is 6. The monoisotopic (exact) mass is 958 g/mol. The number of hydrogen-bond acceptors (Lipinski definition) is 1. The summed E-state index contributed by atoms with van der Waals surface area (Å²) < 4.78 is 0. The van der Waals surface area contributed by atoms with Crippen LogP contribution >= 0.6 is 0 Å². The molecule has 364 valence electrons. The van der Waals surface area contributed by atoms with Crippen LogP contribution in [-0.4, -0.2) is 0 Å². The molecule has 1 spiro atoms. The van der Waals surface area contributed by atoms with E-state index in [0.29, 0.717) is 5.92 Å². The first-order valence-corrected chi connectivity index (χ1v) is 27.5. The first-order chi connectivity index (χ1) is 35.7. The van der Waals surface area contributed by atoms with Crippen molar-refractivity contribution in [2.45, 2.75) is 108 Å². The molecule has 0 heterocycles. The summed E-state index contributed by atoms with van der Waals surface area (Å²) in [5.74, 6) is 1.46. The minimum Gasteiger partial charge on any atom is -0.310 e. The Bertz CT molecular complexity index is 3700. The van der Waals surface area contributed by atoms with Gasteiger partial charge in [0.15, 0.2) is 0 Å². The number of anilines is 3. The Morgan fingerprint density at radius 3 is 1.62 bits per heavy atom. The first-order valence-electron chi connectivity index (χ1n) is 27.5. The molecule has 5 aliphatic carbocycles. The minimum atomic E-state index is -0.579. The van der Waals surface area contributed by atoms with E-state index in [2.05, 4.69) is 260 Å². The molecule has 3 unspecified atom stereocenters. The van der Waals surface area contributed by atoms with E-state index >= 15 is 0 Å². The van der Waals surface area contributed by atoms with E-state index in [9.17, 15) is 0 Å². The second-order valence-electron chi connectivity index (χ2n) is 25.3. The zero-order valence-corrected chi connectivity index (χ0v) is 44.5. The summed E-state index contributed by atoms with van der Waals surface area (Å²) in [5.41, 5.74) is 27.5. The molecule has 0 saturated heterocycles. The van der Waals surface area contributed by atoms with Gasteiger partial charge in [-0.1, -0.05) is 232 Å². The van der Waals surface area contributed by atoms with Crippen molar-refractivity contribution in [3.05, 3.63) is 256 Å². The van der Waals surface area contributed by atoms with Gasteiger partial charge >= 0.3 is 0 Å². The van der Waals surface area contributed by atoms with E-state index in [1.54, 1.807) is 5.56 Å². The highest BCUT2D eigenvalue weighted by Crippen LogP contribution is 2.67. The van der Waals surface area contributed by atoms with E-state index in [4.69, 9.17) is 0 Å². The molecular formula is C73H67N. The largest absolute Gasteiger partial charge is 0.310 e. The average molecular weight is 958 g/mol. The summed E-state index contributed by atoms with van der Waals surface area (Å²) in [6.07, 6.45) is 5.27. The third-order valence-electron chi connectivity index (χ3n) is 18.9. The van der Waals surface area contributed by atoms with Gasteiger partial charge in [-0.3, -0.25) is 0 Å². The van der Waals surface area contributed by atoms with Crippen LogP contribution in [0.25, 0.3) is 44.5 Å². The summed E-state index contributed by atoms with van der Waals surface area (Å²) in [6.45, 7) is 18.9. The van der Waals surface area contributed by atoms with Gasteiger partial charge in [-0.05, 0) is 167 Å². The maximum absolute atomic E-state index is 2.64. The van der Waals surface area contributed by atoms with E-state index in [-0.39, 0.29) is 21.7 Å². The zero-order valence-electron chi connectivity index (χ0n) is 44.5. The highest BCUT2D eigenvalue weighted by molar-refractivity contribution is 5.98. The molecule has 2 bridgehead atoms. The predicted molar refractivity (Wildman–Crippen MR) is 310 cm³/mol. The van der Waals surface area contributed by atoms with E-state index < -0.39 is 5.41 Å². The van der Waals surface area contributed by atoms with E-state index in [1.165, 1.54) is 132 Å². The van der Waals surface area contributed by atoms with Crippen LogP contribution < -0.4 is 4.90 Å². The molecule has 0 amide bonds. The summed E-state index contributed by atoms with van der Waals surface area (Å²) >= 11 is 0. The van der Waals surface area contributed by atoms with Gasteiger partial charge in [-0.2, -0.15) is 0 Å². The molecule has 3 atom stereocenters. The fourth-order valence-corrected chi connectivity index (χ4v) is 15.5. The van der Waals surface area contributed by atoms with Crippen molar-refractivity contribution < 1.29 is 0 Å². The third kappa shape index (κ3) is 6.28. The molecule has 0 radical (unpaired) electrons. The lowest BCUT2D eigenvalue weighted by molar-refractivity contribution is 0.327. The standard InChI is InChI=1S/C73H67N/c1-69(2,3)48-19-15-21-51(42-48)73(52-22-16-20-49(43-52)70(4,5)6)63-30-14-11-25-60(63)67-64(73)31-18-32-66(67)74(54-39-40-58-56-23-10-13-29-62(56)72(65(58)44-54)45-46-33-36-50(72)41-46)53-37-34-47(35-38-53)55-26-17-27-59-57-24-9-12-28-61(57)71(7,8)68(55)59/h9-32,34-35,37-40,42-44,46,50H,33,36,41,45H2,1-8H3. The van der Waals surface area contributed by atoms with Crippen molar-refractivity contribution in [3.63, 3.8) is 0 Å². The lowest BCUT2D eigenvalue weighted by Gasteiger charge is -2.37. The van der Waals surface area contributed by atoms with Crippen LogP contribution in [0.1, 0.15) is 137 Å². The van der Waals surface area contributed by atoms with Crippen molar-refractivity contribution >= 4 is 17.1 Å². The number of fused-ring (bicyclic) bond motifs is 14. The fraction of sp³-hybridized carbons (Fsp3) is 0.260. The lowest BCUT2D eigenvalue weighted by Crippen LogP contribution is -2.32. The lowest BCUT2D eigenvalue weighted by atomic mass is 9.66. The number of hydrogen-bond donors (Lipinski definition) is 0. The van der Waals surface area contributed by atoms with Gasteiger partial charge in [-0.25, -0.2) is 0 Å². The van der Waals surface area contributed by atoms with Crippen LogP contribution in [0.4, 0.5) is 17.1 Å². The van der Waals surface area contributed by atoms with Gasteiger partial charge in [0, 0.05) is 27.8 Å². The van der Waals surface area contributed by atoms with Crippen LogP contribution in [0.5, 0.6) is 0 Å². The molecule has 1 nitrogen and oxygen atoms in total. The number of nitrogens with zero attached hydrogens (tertiary/aromatic N) is 1. The molecule has 0 aliphatic heterocycles. The molecule has 1 heteroatoms. The van der Waals surface area contributed by atoms with Crippen molar-refractivity contribution in [2.75, 3.05) is 4.90 Å². The van der Waals surface area contributed by atoms with Crippen LogP contribution in [0, 0.1) is 11.8 Å². The topological polar surface area (TPSA) is 3.24 Å². The SMILES string of the molecule is CC(C)(C)c1cccc(C2(c3cccc(C(C)(C)C)c3)c3ccccc3-c3c(N(c4ccc(-c5cccc6c5C(C)(C)c5ccccc5-6)cc4)c4ccc5c(c4)C4(CC6CCC4C6)c4ccccc4-5)cccc32)c1. The Labute approximate surface area is 440 Å². The molecule has 0 N–H and O–H groups in total. The average Bonchev–Trinajstić information content (AvgIpc) is 4.23. The van der Waals surface area contributed by atoms with Gasteiger partial charge in [0.2, 0.25) is 0 Å². The highest BCUT2D eigenvalue weighted by Gasteiger charge is 2.57. The van der Waals surface area contributed by atoms with Gasteiger partial charge in [-0.15, -0.1) is 0 Å². The van der Waals surface area contributed by atoms with E-state index in [1.807, 2.05) is 0 Å². The van der Waals surface area contributed by atoms with Crippen molar-refractivity contribution in [1.29, 1.82) is 0 Å². The molecular weight excluding hydrogens is 891 g/mol. The van der Waals surface area contributed by atoms with Crippen LogP contribution in [0.2, 0.25) is 0 Å². The van der Waals surface area contributed by atoms with E-state index in [0.717, 1.165) is 11.6 Å². The van der Waals surface area contributed by atoms with Crippen LogP contribution in [-0.2, 0) is 27.1 Å². The van der Waals surface area contributed by atoms with Gasteiger partial charge in [0.05, 0.1) is 11.1 Å². The van der Waals surface area contributed by atoms with Gasteiger partial charge in [0.25, 0.3) is 0 Å². The Morgan fingerprint density at radius 2 is 0.973 bits per heavy atom. The minimum absolute atomic E-state index is 0.0286. The molecule has 2 fully saturated rings. The Balaban J connectivity index is 1.02. The second-order valence-corrected chi connectivity index (χ2v) is 25.3. The smallest absolute Gasteiger partial charge is 0.0714 e. The van der Waals surface area contributed by atoms with Gasteiger partial charge < -0.3 is 4.90 Å². The third-order valence-corrected chi connectivity index (χ3v) is 18.9. The Morgan fingerprint density at radius 1 is 0.432 bits per heavy atom. The van der Waals surface area contributed by atoms with Crippen molar-refractivity contribution in [3.8, 4) is 44.5 Å². The molecule has 5 aliphatic rings. The quantitative estimate of drug-likeness (QED) is 0.161. The maximum atomic E-state index is 2.64. The van der Waals surface area contributed by atoms with Crippen molar-refractivity contribution in [2.24, 2.45) is 11.8 Å². The molecule has 2 saturated carbocycles. The van der Waals surface area contributed by atoms with Gasteiger partial charge in [0.1, 0.15) is 0 Å². The fourth-order valence-electron chi connectivity index (χ4n) is 15.5.